The first-order chi connectivity index (χ1) is 14.9. The van der Waals surface area contributed by atoms with Crippen LogP contribution in [-0.2, 0) is 12.6 Å². The Morgan fingerprint density at radius 2 is 1.71 bits per heavy atom. The van der Waals surface area contributed by atoms with Gasteiger partial charge in [-0.25, -0.2) is 4.98 Å². The number of carbonyl (C=O) groups excluding carboxylic acids is 1. The van der Waals surface area contributed by atoms with Crippen molar-refractivity contribution in [2.75, 3.05) is 11.4 Å². The first-order valence-electron chi connectivity index (χ1n) is 9.72. The van der Waals surface area contributed by atoms with E-state index >= 15 is 0 Å². The van der Waals surface area contributed by atoms with E-state index in [9.17, 15) is 18.0 Å². The largest absolute Gasteiger partial charge is 0.433 e. The van der Waals surface area contributed by atoms with Crippen molar-refractivity contribution >= 4 is 17.4 Å². The minimum Gasteiger partial charge on any atom is -0.305 e. The van der Waals surface area contributed by atoms with E-state index in [4.69, 9.17) is 0 Å². The molecule has 5 rings (SSSR count). The molecule has 156 valence electrons. The number of para-hydroxylation sites is 1. The molecule has 0 saturated heterocycles. The van der Waals surface area contributed by atoms with Gasteiger partial charge in [0.15, 0.2) is 5.69 Å². The van der Waals surface area contributed by atoms with Gasteiger partial charge in [0.25, 0.3) is 11.7 Å². The summed E-state index contributed by atoms with van der Waals surface area (Å²) in [6.45, 7) is 0.445. The average molecular weight is 423 g/mol. The maximum atomic E-state index is 13.8. The number of alkyl halides is 3. The first-order valence-corrected chi connectivity index (χ1v) is 9.72. The predicted molar refractivity (Wildman–Crippen MR) is 108 cm³/mol. The Kier molecular flexibility index (Phi) is 4.46. The molecule has 0 N–H and O–H groups in total. The second kappa shape index (κ2) is 7.19. The summed E-state index contributed by atoms with van der Waals surface area (Å²) in [5, 5.41) is 3.89. The van der Waals surface area contributed by atoms with Gasteiger partial charge >= 0.3 is 6.18 Å². The number of amides is 1. The molecule has 0 aliphatic carbocycles. The maximum absolute atomic E-state index is 13.8. The van der Waals surface area contributed by atoms with Crippen LogP contribution in [0.1, 0.15) is 28.3 Å². The SMILES string of the molecule is O=C(c1nc2nc(-c3ccccc3)cc(C(F)(F)F)n2n1)N1CCCc2ccccc21. The van der Waals surface area contributed by atoms with Crippen LogP contribution >= 0.6 is 0 Å². The van der Waals surface area contributed by atoms with Gasteiger partial charge in [0.1, 0.15) is 0 Å². The van der Waals surface area contributed by atoms with Crippen LogP contribution < -0.4 is 4.90 Å². The Labute approximate surface area is 175 Å². The van der Waals surface area contributed by atoms with Gasteiger partial charge in [0.05, 0.1) is 5.69 Å². The number of halogens is 3. The molecule has 9 heteroatoms. The molecule has 0 saturated carbocycles. The molecule has 0 radical (unpaired) electrons. The van der Waals surface area contributed by atoms with E-state index in [1.807, 2.05) is 24.3 Å². The zero-order chi connectivity index (χ0) is 21.6. The quantitative estimate of drug-likeness (QED) is 0.479. The highest BCUT2D eigenvalue weighted by atomic mass is 19.4. The molecule has 1 aliphatic heterocycles. The monoisotopic (exact) mass is 423 g/mol. The van der Waals surface area contributed by atoms with Gasteiger partial charge in [-0.15, -0.1) is 5.10 Å². The van der Waals surface area contributed by atoms with Crippen LogP contribution in [0.25, 0.3) is 17.0 Å². The molecule has 0 fully saturated rings. The van der Waals surface area contributed by atoms with Gasteiger partial charge in [-0.2, -0.15) is 22.7 Å². The second-order valence-electron chi connectivity index (χ2n) is 7.23. The lowest BCUT2D eigenvalue weighted by molar-refractivity contribution is -0.142. The van der Waals surface area contributed by atoms with Crippen LogP contribution in [0.15, 0.2) is 60.7 Å². The first kappa shape index (κ1) is 19.2. The summed E-state index contributed by atoms with van der Waals surface area (Å²) >= 11 is 0. The Balaban J connectivity index is 1.63. The molecule has 1 amide bonds. The molecular formula is C22H16F3N5O. The lowest BCUT2D eigenvalue weighted by Gasteiger charge is -2.28. The highest BCUT2D eigenvalue weighted by Gasteiger charge is 2.36. The number of benzene rings is 2. The summed E-state index contributed by atoms with van der Waals surface area (Å²) in [7, 11) is 0. The van der Waals surface area contributed by atoms with Crippen molar-refractivity contribution in [2.24, 2.45) is 0 Å². The van der Waals surface area contributed by atoms with Crippen LogP contribution in [-0.4, -0.2) is 32.0 Å². The molecule has 0 atom stereocenters. The lowest BCUT2D eigenvalue weighted by atomic mass is 10.0. The topological polar surface area (TPSA) is 63.4 Å². The van der Waals surface area contributed by atoms with Gasteiger partial charge in [-0.1, -0.05) is 48.5 Å². The minimum atomic E-state index is -4.70. The Hall–Kier alpha value is -3.75. The molecule has 0 bridgehead atoms. The van der Waals surface area contributed by atoms with Crippen molar-refractivity contribution in [2.45, 2.75) is 19.0 Å². The molecule has 3 heterocycles. The maximum Gasteiger partial charge on any atom is 0.433 e. The molecule has 0 spiro atoms. The van der Waals surface area contributed by atoms with Crippen molar-refractivity contribution in [1.29, 1.82) is 0 Å². The third-order valence-electron chi connectivity index (χ3n) is 5.22. The van der Waals surface area contributed by atoms with Crippen LogP contribution in [0, 0.1) is 0 Å². The normalized spacial score (nSPS) is 14.0. The average Bonchev–Trinajstić information content (AvgIpc) is 3.21. The van der Waals surface area contributed by atoms with Gasteiger partial charge in [-0.05, 0) is 30.5 Å². The molecule has 31 heavy (non-hydrogen) atoms. The summed E-state index contributed by atoms with van der Waals surface area (Å²) in [5.74, 6) is -1.14. The van der Waals surface area contributed by atoms with Gasteiger partial charge < -0.3 is 4.90 Å². The number of hydrogen-bond donors (Lipinski definition) is 0. The fourth-order valence-electron chi connectivity index (χ4n) is 3.78. The summed E-state index contributed by atoms with van der Waals surface area (Å²) in [6, 6.07) is 16.9. The zero-order valence-electron chi connectivity index (χ0n) is 16.2. The summed E-state index contributed by atoms with van der Waals surface area (Å²) in [6.07, 6.45) is -3.12. The Bertz CT molecular complexity index is 1280. The number of nitrogens with zero attached hydrogens (tertiary/aromatic N) is 5. The van der Waals surface area contributed by atoms with E-state index in [0.29, 0.717) is 16.6 Å². The molecule has 6 nitrogen and oxygen atoms in total. The molecule has 0 unspecified atom stereocenters. The number of aromatic nitrogens is 4. The Morgan fingerprint density at radius 3 is 2.48 bits per heavy atom. The van der Waals surface area contributed by atoms with E-state index < -0.39 is 17.8 Å². The predicted octanol–water partition coefficient (Wildman–Crippen LogP) is 4.40. The standard InChI is InChI=1S/C22H16F3N5O/c23-22(24,25)18-13-16(14-7-2-1-3-8-14)26-21-27-19(28-30(18)21)20(31)29-12-6-10-15-9-4-5-11-17(15)29/h1-5,7-9,11,13H,6,10,12H2. The van der Waals surface area contributed by atoms with E-state index in [1.165, 1.54) is 4.90 Å². The van der Waals surface area contributed by atoms with E-state index in [2.05, 4.69) is 15.1 Å². The summed E-state index contributed by atoms with van der Waals surface area (Å²) in [5.41, 5.74) is 1.31. The second-order valence-corrected chi connectivity index (χ2v) is 7.23. The van der Waals surface area contributed by atoms with Crippen molar-refractivity contribution < 1.29 is 18.0 Å². The van der Waals surface area contributed by atoms with Gasteiger partial charge in [0.2, 0.25) is 5.82 Å². The smallest absolute Gasteiger partial charge is 0.305 e. The number of carbonyl (C=O) groups is 1. The summed E-state index contributed by atoms with van der Waals surface area (Å²) < 4.78 is 41.9. The van der Waals surface area contributed by atoms with Crippen molar-refractivity contribution in [3.8, 4) is 11.3 Å². The number of fused-ring (bicyclic) bond motifs is 2. The summed E-state index contributed by atoms with van der Waals surface area (Å²) in [4.78, 5) is 22.9. The van der Waals surface area contributed by atoms with E-state index in [-0.39, 0.29) is 17.3 Å². The van der Waals surface area contributed by atoms with Crippen molar-refractivity contribution in [1.82, 2.24) is 19.6 Å². The van der Waals surface area contributed by atoms with Crippen LogP contribution in [0.5, 0.6) is 0 Å². The minimum absolute atomic E-state index is 0.107. The number of rotatable bonds is 2. The number of aryl methyl sites for hydroxylation is 1. The van der Waals surface area contributed by atoms with E-state index in [1.54, 1.807) is 30.3 Å². The fraction of sp³-hybridized carbons (Fsp3) is 0.182. The lowest BCUT2D eigenvalue weighted by Crippen LogP contribution is -2.36. The molecule has 4 aromatic rings. The molecular weight excluding hydrogens is 407 g/mol. The zero-order valence-corrected chi connectivity index (χ0v) is 16.2. The fourth-order valence-corrected chi connectivity index (χ4v) is 3.78. The van der Waals surface area contributed by atoms with Crippen LogP contribution in [0.2, 0.25) is 0 Å². The molecule has 1 aliphatic rings. The molecule has 2 aromatic heterocycles. The highest BCUT2D eigenvalue weighted by molar-refractivity contribution is 6.04. The third kappa shape index (κ3) is 3.41. The number of anilines is 1. The van der Waals surface area contributed by atoms with Gasteiger partial charge in [0, 0.05) is 17.8 Å². The third-order valence-corrected chi connectivity index (χ3v) is 5.22. The highest BCUT2D eigenvalue weighted by Crippen LogP contribution is 2.32. The van der Waals surface area contributed by atoms with Crippen molar-refractivity contribution in [3.05, 3.63) is 77.7 Å². The van der Waals surface area contributed by atoms with Crippen molar-refractivity contribution in [3.63, 3.8) is 0 Å². The van der Waals surface area contributed by atoms with Crippen LogP contribution in [0.3, 0.4) is 0 Å². The van der Waals surface area contributed by atoms with Gasteiger partial charge in [-0.3, -0.25) is 4.79 Å². The van der Waals surface area contributed by atoms with E-state index in [0.717, 1.165) is 30.2 Å². The number of hydrogen-bond acceptors (Lipinski definition) is 4. The molecule has 2 aromatic carbocycles. The van der Waals surface area contributed by atoms with Crippen LogP contribution in [0.4, 0.5) is 18.9 Å². The Morgan fingerprint density at radius 1 is 0.968 bits per heavy atom.